The number of imidazole rings is 2. The van der Waals surface area contributed by atoms with Crippen LogP contribution in [0.5, 0.6) is 5.75 Å². The second kappa shape index (κ2) is 6.96. The lowest BCUT2D eigenvalue weighted by Gasteiger charge is -2.17. The van der Waals surface area contributed by atoms with E-state index in [2.05, 4.69) is 34.1 Å². The second-order valence-corrected chi connectivity index (χ2v) is 6.31. The number of H-pyrrole nitrogens is 1. The van der Waals surface area contributed by atoms with Gasteiger partial charge >= 0.3 is 0 Å². The number of nitrogens with one attached hydrogen (secondary N) is 2. The Kier molecular flexibility index (Phi) is 4.74. The second-order valence-electron chi connectivity index (χ2n) is 6.31. The molecule has 1 atom stereocenters. The van der Waals surface area contributed by atoms with E-state index in [9.17, 15) is 4.79 Å². The van der Waals surface area contributed by atoms with Gasteiger partial charge < -0.3 is 19.6 Å². The number of ether oxygens (including phenoxy) is 1. The average Bonchev–Trinajstić information content (AvgIpc) is 3.24. The largest absolute Gasteiger partial charge is 0.497 e. The summed E-state index contributed by atoms with van der Waals surface area (Å²) < 4.78 is 7.11. The molecule has 3 rings (SSSR count). The molecule has 0 aliphatic rings. The van der Waals surface area contributed by atoms with Crippen molar-refractivity contribution in [2.45, 2.75) is 39.3 Å². The molecule has 7 nitrogen and oxygen atoms in total. The SMILES string of the molecule is COc1ccc2nc(CNC(=O)[C@H](C)n3ccnc3C(C)C)[nH]c2c1. The van der Waals surface area contributed by atoms with Crippen LogP contribution in [-0.4, -0.2) is 32.5 Å². The molecular formula is C18H23N5O2. The molecule has 0 radical (unpaired) electrons. The third-order valence-corrected chi connectivity index (χ3v) is 4.18. The molecule has 1 aromatic carbocycles. The predicted octanol–water partition coefficient (Wildman–Crippen LogP) is 2.77. The van der Waals surface area contributed by atoms with Crippen molar-refractivity contribution in [3.63, 3.8) is 0 Å². The number of hydrogen-bond acceptors (Lipinski definition) is 4. The number of methoxy groups -OCH3 is 1. The van der Waals surface area contributed by atoms with E-state index in [4.69, 9.17) is 4.74 Å². The van der Waals surface area contributed by atoms with Gasteiger partial charge in [0.15, 0.2) is 0 Å². The molecule has 3 aromatic rings. The molecule has 132 valence electrons. The number of hydrogen-bond donors (Lipinski definition) is 2. The Balaban J connectivity index is 1.68. The van der Waals surface area contributed by atoms with Crippen LogP contribution in [0.2, 0.25) is 0 Å². The highest BCUT2D eigenvalue weighted by molar-refractivity contribution is 5.80. The first kappa shape index (κ1) is 17.0. The van der Waals surface area contributed by atoms with Crippen LogP contribution in [0.3, 0.4) is 0 Å². The summed E-state index contributed by atoms with van der Waals surface area (Å²) in [5.74, 6) is 2.56. The minimum absolute atomic E-state index is 0.0714. The molecule has 2 heterocycles. The van der Waals surface area contributed by atoms with Crippen LogP contribution in [0.25, 0.3) is 11.0 Å². The van der Waals surface area contributed by atoms with Crippen molar-refractivity contribution >= 4 is 16.9 Å². The summed E-state index contributed by atoms with van der Waals surface area (Å²) in [6.07, 6.45) is 3.57. The quantitative estimate of drug-likeness (QED) is 0.722. The maximum absolute atomic E-state index is 12.5. The Bertz CT molecular complexity index is 881. The van der Waals surface area contributed by atoms with Crippen LogP contribution in [-0.2, 0) is 11.3 Å². The summed E-state index contributed by atoms with van der Waals surface area (Å²) in [6.45, 7) is 6.33. The fraction of sp³-hybridized carbons (Fsp3) is 0.389. The number of nitrogens with zero attached hydrogens (tertiary/aromatic N) is 3. The van der Waals surface area contributed by atoms with Crippen molar-refractivity contribution in [2.75, 3.05) is 7.11 Å². The molecule has 0 unspecified atom stereocenters. The fourth-order valence-electron chi connectivity index (χ4n) is 2.80. The van der Waals surface area contributed by atoms with Gasteiger partial charge in [-0.25, -0.2) is 9.97 Å². The molecule has 7 heteroatoms. The standard InChI is InChI=1S/C18H23N5O2/c1-11(2)17-19-7-8-23(17)12(3)18(24)20-10-16-21-14-6-5-13(25-4)9-15(14)22-16/h5-9,11-12H,10H2,1-4H3,(H,20,24)(H,21,22)/t12-/m0/s1. The third kappa shape index (κ3) is 3.50. The van der Waals surface area contributed by atoms with Gasteiger partial charge in [0, 0.05) is 24.4 Å². The smallest absolute Gasteiger partial charge is 0.243 e. The monoisotopic (exact) mass is 341 g/mol. The lowest BCUT2D eigenvalue weighted by Crippen LogP contribution is -2.31. The van der Waals surface area contributed by atoms with Gasteiger partial charge in [-0.1, -0.05) is 13.8 Å². The summed E-state index contributed by atoms with van der Waals surface area (Å²) in [4.78, 5) is 24.5. The zero-order chi connectivity index (χ0) is 18.0. The molecule has 2 N–H and O–H groups in total. The molecule has 0 saturated carbocycles. The first-order valence-electron chi connectivity index (χ1n) is 8.32. The lowest BCUT2D eigenvalue weighted by atomic mass is 10.2. The van der Waals surface area contributed by atoms with E-state index in [0.29, 0.717) is 12.4 Å². The normalized spacial score (nSPS) is 12.5. The predicted molar refractivity (Wildman–Crippen MR) is 95.5 cm³/mol. The van der Waals surface area contributed by atoms with E-state index in [-0.39, 0.29) is 17.9 Å². The van der Waals surface area contributed by atoms with Gasteiger partial charge in [-0.15, -0.1) is 0 Å². The highest BCUT2D eigenvalue weighted by Crippen LogP contribution is 2.19. The average molecular weight is 341 g/mol. The molecule has 0 bridgehead atoms. The first-order chi connectivity index (χ1) is 12.0. The summed E-state index contributed by atoms with van der Waals surface area (Å²) in [5.41, 5.74) is 1.73. The number of aromatic nitrogens is 4. The summed E-state index contributed by atoms with van der Waals surface area (Å²) in [6, 6.07) is 5.31. The Morgan fingerprint density at radius 1 is 1.36 bits per heavy atom. The summed E-state index contributed by atoms with van der Waals surface area (Å²) in [7, 11) is 1.63. The van der Waals surface area contributed by atoms with Gasteiger partial charge in [0.1, 0.15) is 23.4 Å². The molecule has 0 spiro atoms. The number of rotatable bonds is 6. The topological polar surface area (TPSA) is 84.8 Å². The molecule has 0 aliphatic carbocycles. The number of carbonyl (C=O) groups excluding carboxylic acids is 1. The van der Waals surface area contributed by atoms with Crippen molar-refractivity contribution in [1.29, 1.82) is 0 Å². The summed E-state index contributed by atoms with van der Waals surface area (Å²) in [5, 5.41) is 2.93. The first-order valence-corrected chi connectivity index (χ1v) is 8.32. The van der Waals surface area contributed by atoms with E-state index in [1.165, 1.54) is 0 Å². The molecule has 0 aliphatic heterocycles. The van der Waals surface area contributed by atoms with Crippen LogP contribution < -0.4 is 10.1 Å². The van der Waals surface area contributed by atoms with Gasteiger partial charge in [-0.2, -0.15) is 0 Å². The molecule has 0 saturated heterocycles. The van der Waals surface area contributed by atoms with E-state index >= 15 is 0 Å². The Morgan fingerprint density at radius 3 is 2.88 bits per heavy atom. The van der Waals surface area contributed by atoms with Crippen molar-refractivity contribution < 1.29 is 9.53 Å². The van der Waals surface area contributed by atoms with Gasteiger partial charge in [0.25, 0.3) is 0 Å². The fourth-order valence-corrected chi connectivity index (χ4v) is 2.80. The Hall–Kier alpha value is -2.83. The van der Waals surface area contributed by atoms with Crippen molar-refractivity contribution in [3.05, 3.63) is 42.2 Å². The van der Waals surface area contributed by atoms with Gasteiger partial charge in [-0.3, -0.25) is 4.79 Å². The van der Waals surface area contributed by atoms with Crippen LogP contribution in [0.4, 0.5) is 0 Å². The Labute approximate surface area is 146 Å². The highest BCUT2D eigenvalue weighted by atomic mass is 16.5. The zero-order valence-electron chi connectivity index (χ0n) is 14.9. The van der Waals surface area contributed by atoms with Gasteiger partial charge in [0.2, 0.25) is 5.91 Å². The number of carbonyl (C=O) groups is 1. The van der Waals surface area contributed by atoms with Crippen molar-refractivity contribution in [2.24, 2.45) is 0 Å². The minimum atomic E-state index is -0.329. The molecule has 0 fully saturated rings. The van der Waals surface area contributed by atoms with E-state index in [0.717, 1.165) is 22.6 Å². The third-order valence-electron chi connectivity index (χ3n) is 4.18. The molecular weight excluding hydrogens is 318 g/mol. The van der Waals surface area contributed by atoms with E-state index < -0.39 is 0 Å². The minimum Gasteiger partial charge on any atom is -0.497 e. The maximum Gasteiger partial charge on any atom is 0.243 e. The lowest BCUT2D eigenvalue weighted by molar-refractivity contribution is -0.124. The molecule has 1 amide bonds. The van der Waals surface area contributed by atoms with Crippen molar-refractivity contribution in [1.82, 2.24) is 24.8 Å². The number of benzene rings is 1. The maximum atomic E-state index is 12.5. The van der Waals surface area contributed by atoms with E-state index in [1.807, 2.05) is 35.9 Å². The Morgan fingerprint density at radius 2 is 2.16 bits per heavy atom. The van der Waals surface area contributed by atoms with Gasteiger partial charge in [-0.05, 0) is 19.1 Å². The number of amides is 1. The van der Waals surface area contributed by atoms with Crippen molar-refractivity contribution in [3.8, 4) is 5.75 Å². The highest BCUT2D eigenvalue weighted by Gasteiger charge is 2.19. The van der Waals surface area contributed by atoms with Crippen LogP contribution >= 0.6 is 0 Å². The van der Waals surface area contributed by atoms with Crippen LogP contribution in [0.1, 0.15) is 44.4 Å². The van der Waals surface area contributed by atoms with E-state index in [1.54, 1.807) is 13.3 Å². The number of aromatic amines is 1. The van der Waals surface area contributed by atoms with Gasteiger partial charge in [0.05, 0.1) is 24.7 Å². The molecule has 2 aromatic heterocycles. The summed E-state index contributed by atoms with van der Waals surface area (Å²) >= 11 is 0. The zero-order valence-corrected chi connectivity index (χ0v) is 14.9. The number of fused-ring (bicyclic) bond motifs is 1. The van der Waals surface area contributed by atoms with Crippen LogP contribution in [0.15, 0.2) is 30.6 Å². The van der Waals surface area contributed by atoms with Crippen LogP contribution in [0, 0.1) is 0 Å². The molecule has 25 heavy (non-hydrogen) atoms.